The maximum absolute atomic E-state index is 13.2. The Bertz CT molecular complexity index is 2880. The molecule has 0 unspecified atom stereocenters. The lowest BCUT2D eigenvalue weighted by Gasteiger charge is -1.97. The second-order valence-corrected chi connectivity index (χ2v) is 12.8. The Labute approximate surface area is 395 Å². The summed E-state index contributed by atoms with van der Waals surface area (Å²) >= 11 is 0. The molecule has 0 amide bonds. The van der Waals surface area contributed by atoms with Crippen LogP contribution in [0.2, 0.25) is 0 Å². The number of hydrogen-bond acceptors (Lipinski definition) is 5. The third kappa shape index (κ3) is 14.8. The average Bonchev–Trinajstić information content (AvgIpc) is 4.25. The quantitative estimate of drug-likeness (QED) is 0.112. The molecule has 0 radical (unpaired) electrons. The van der Waals surface area contributed by atoms with Gasteiger partial charge in [0.2, 0.25) is 17.5 Å². The van der Waals surface area contributed by atoms with Crippen LogP contribution in [0.4, 0.5) is 43.9 Å². The van der Waals surface area contributed by atoms with Crippen molar-refractivity contribution in [2.75, 3.05) is 0 Å². The van der Waals surface area contributed by atoms with Crippen molar-refractivity contribution in [3.05, 3.63) is 178 Å². The number of aryl methyl sites for hydroxylation is 4. The standard InChI is InChI=1S/3C9H6F2O.C9H7FO.C8H3F3O.5C2H6/c1-5-4-7(10)9-6(8(5)11)2-3-12-9;2*1-5-4-6-2-3-12-9(6)8(11)7(5)10;1-6-2-3-8(10)7-4-5-11-9(6)7;9-5-3-6(10)7(11)8-4(5)1-2-12-8;5*1-2/h3*2-4H,1H3;2-5H,1H3;1-3H;5*1-2H3. The smallest absolute Gasteiger partial charge is 0.202 e. The molecule has 0 fully saturated rings. The Balaban J connectivity index is 0.000000412. The molecule has 0 aliphatic rings. The van der Waals surface area contributed by atoms with Crippen molar-refractivity contribution in [3.8, 4) is 0 Å². The van der Waals surface area contributed by atoms with Crippen molar-refractivity contribution in [2.45, 2.75) is 96.9 Å². The zero-order chi connectivity index (χ0) is 52.7. The van der Waals surface area contributed by atoms with Crippen LogP contribution in [0.3, 0.4) is 0 Å². The Morgan fingerprint density at radius 2 is 0.638 bits per heavy atom. The number of hydrogen-bond donors (Lipinski definition) is 0. The van der Waals surface area contributed by atoms with Crippen LogP contribution in [0.1, 0.15) is 91.5 Å². The summed E-state index contributed by atoms with van der Waals surface area (Å²) in [6.07, 6.45) is 6.56. The number of halogens is 10. The van der Waals surface area contributed by atoms with Crippen LogP contribution in [0.15, 0.2) is 120 Å². The van der Waals surface area contributed by atoms with Gasteiger partial charge in [-0.2, -0.15) is 13.2 Å². The number of fused-ring (bicyclic) bond motifs is 5. The van der Waals surface area contributed by atoms with Crippen LogP contribution in [0.5, 0.6) is 0 Å². The van der Waals surface area contributed by atoms with Crippen LogP contribution >= 0.6 is 0 Å². The topological polar surface area (TPSA) is 65.7 Å². The van der Waals surface area contributed by atoms with Crippen molar-refractivity contribution in [2.24, 2.45) is 0 Å². The fourth-order valence-electron chi connectivity index (χ4n) is 5.75. The van der Waals surface area contributed by atoms with Gasteiger partial charge in [-0.05, 0) is 105 Å². The highest BCUT2D eigenvalue weighted by molar-refractivity contribution is 5.82. The molecule has 15 heteroatoms. The molecule has 0 saturated heterocycles. The SMILES string of the molecule is CC.CC.CC.CC.CC.Cc1cc(F)c2occc2c1F.Cc1cc2ccoc2c(F)c1F.Cc1cc2ccoc2c(F)c1F.Cc1ccc(F)c2ccoc12.Fc1cc(F)c2ccoc2c1F. The van der Waals surface area contributed by atoms with Crippen molar-refractivity contribution in [1.82, 2.24) is 0 Å². The molecule has 10 aromatic rings. The van der Waals surface area contributed by atoms with E-state index in [-0.39, 0.29) is 38.9 Å². The third-order valence-corrected chi connectivity index (χ3v) is 8.77. The molecule has 0 bridgehead atoms. The van der Waals surface area contributed by atoms with Crippen LogP contribution in [-0.4, -0.2) is 0 Å². The molecular weight excluding hydrogens is 919 g/mol. The van der Waals surface area contributed by atoms with Crippen LogP contribution in [-0.2, 0) is 0 Å². The van der Waals surface area contributed by atoms with Gasteiger partial charge in [0, 0.05) is 16.8 Å². The van der Waals surface area contributed by atoms with Gasteiger partial charge in [-0.1, -0.05) is 75.3 Å². The molecular formula is C54H58F10O5. The van der Waals surface area contributed by atoms with Gasteiger partial charge >= 0.3 is 0 Å². The van der Waals surface area contributed by atoms with Gasteiger partial charge in [0.1, 0.15) is 23.0 Å². The number of benzene rings is 5. The first kappa shape index (κ1) is 60.1. The molecule has 5 nitrogen and oxygen atoms in total. The summed E-state index contributed by atoms with van der Waals surface area (Å²) in [5.74, 6) is -7.86. The summed E-state index contributed by atoms with van der Waals surface area (Å²) < 4.78 is 153. The summed E-state index contributed by atoms with van der Waals surface area (Å²) in [4.78, 5) is 0. The van der Waals surface area contributed by atoms with Gasteiger partial charge in [0.25, 0.3) is 0 Å². The largest absolute Gasteiger partial charge is 0.464 e. The van der Waals surface area contributed by atoms with Crippen molar-refractivity contribution < 1.29 is 66.0 Å². The Hall–Kier alpha value is -6.90. The minimum Gasteiger partial charge on any atom is -0.464 e. The maximum Gasteiger partial charge on any atom is 0.202 e. The molecule has 0 aliphatic heterocycles. The first-order valence-electron chi connectivity index (χ1n) is 22.2. The molecule has 0 atom stereocenters. The van der Waals surface area contributed by atoms with Crippen molar-refractivity contribution in [3.63, 3.8) is 0 Å². The zero-order valence-electron chi connectivity index (χ0n) is 41.1. The maximum atomic E-state index is 13.2. The Morgan fingerprint density at radius 3 is 1.10 bits per heavy atom. The van der Waals surface area contributed by atoms with Crippen LogP contribution < -0.4 is 0 Å². The first-order chi connectivity index (χ1) is 33.1. The van der Waals surface area contributed by atoms with Gasteiger partial charge in [-0.25, -0.2) is 30.7 Å². The zero-order valence-corrected chi connectivity index (χ0v) is 41.1. The molecule has 10 rings (SSSR count). The van der Waals surface area contributed by atoms with E-state index < -0.39 is 52.4 Å². The van der Waals surface area contributed by atoms with Gasteiger partial charge in [-0.3, -0.25) is 0 Å². The molecule has 5 aromatic carbocycles. The lowest BCUT2D eigenvalue weighted by atomic mass is 10.1. The normalized spacial score (nSPS) is 9.74. The van der Waals surface area contributed by atoms with E-state index in [9.17, 15) is 43.9 Å². The molecule has 0 spiro atoms. The van der Waals surface area contributed by atoms with E-state index in [1.165, 1.54) is 64.0 Å². The fourth-order valence-corrected chi connectivity index (χ4v) is 5.75. The van der Waals surface area contributed by atoms with E-state index >= 15 is 0 Å². The van der Waals surface area contributed by atoms with E-state index in [0.29, 0.717) is 44.5 Å². The number of rotatable bonds is 0. The Morgan fingerprint density at radius 1 is 0.261 bits per heavy atom. The van der Waals surface area contributed by atoms with Gasteiger partial charge in [0.15, 0.2) is 45.6 Å². The van der Waals surface area contributed by atoms with Gasteiger partial charge in [-0.15, -0.1) is 0 Å². The Kier molecular flexibility index (Phi) is 25.9. The summed E-state index contributed by atoms with van der Waals surface area (Å²) in [7, 11) is 0. The lowest BCUT2D eigenvalue weighted by Crippen LogP contribution is -1.88. The molecule has 0 aliphatic carbocycles. The van der Waals surface area contributed by atoms with Gasteiger partial charge in [0.05, 0.1) is 47.5 Å². The van der Waals surface area contributed by atoms with E-state index in [4.69, 9.17) is 17.7 Å². The minimum absolute atomic E-state index is 0.0156. The fraction of sp³-hybridized carbons (Fsp3) is 0.259. The summed E-state index contributed by atoms with van der Waals surface area (Å²) in [6, 6.07) is 15.4. The van der Waals surface area contributed by atoms with Gasteiger partial charge < -0.3 is 22.1 Å². The first-order valence-corrected chi connectivity index (χ1v) is 22.2. The van der Waals surface area contributed by atoms with Crippen molar-refractivity contribution in [1.29, 1.82) is 0 Å². The molecule has 5 aromatic heterocycles. The molecule has 5 heterocycles. The van der Waals surface area contributed by atoms with E-state index in [1.54, 1.807) is 36.4 Å². The summed E-state index contributed by atoms with van der Waals surface area (Å²) in [5, 5.41) is 1.89. The number of furan rings is 5. The van der Waals surface area contributed by atoms with Crippen LogP contribution in [0.25, 0.3) is 54.8 Å². The van der Waals surface area contributed by atoms with Crippen LogP contribution in [0, 0.1) is 85.9 Å². The predicted octanol–water partition coefficient (Wildman–Crippen LogP) is 19.9. The lowest BCUT2D eigenvalue weighted by molar-refractivity contribution is 0.483. The summed E-state index contributed by atoms with van der Waals surface area (Å²) in [6.45, 7) is 26.5. The third-order valence-electron chi connectivity index (χ3n) is 8.77. The highest BCUT2D eigenvalue weighted by Crippen LogP contribution is 2.27. The minimum atomic E-state index is -1.24. The second-order valence-electron chi connectivity index (χ2n) is 12.8. The molecule has 69 heavy (non-hydrogen) atoms. The molecule has 374 valence electrons. The van der Waals surface area contributed by atoms with Crippen molar-refractivity contribution >= 4 is 54.8 Å². The second kappa shape index (κ2) is 29.8. The summed E-state index contributed by atoms with van der Waals surface area (Å²) in [5.41, 5.74) is 2.06. The monoisotopic (exact) mass is 976 g/mol. The highest BCUT2D eigenvalue weighted by Gasteiger charge is 2.16. The molecule has 0 saturated carbocycles. The van der Waals surface area contributed by atoms with E-state index in [2.05, 4.69) is 4.42 Å². The predicted molar refractivity (Wildman–Crippen MR) is 256 cm³/mol. The molecule has 0 N–H and O–H groups in total. The van der Waals surface area contributed by atoms with E-state index in [0.717, 1.165) is 17.9 Å². The van der Waals surface area contributed by atoms with E-state index in [1.807, 2.05) is 76.2 Å². The average molecular weight is 977 g/mol. The highest BCUT2D eigenvalue weighted by atomic mass is 19.2.